The Morgan fingerprint density at radius 3 is 2.14 bits per heavy atom. The summed E-state index contributed by atoms with van der Waals surface area (Å²) in [4.78, 5) is 50.1. The van der Waals surface area contributed by atoms with E-state index < -0.39 is 34.4 Å². The summed E-state index contributed by atoms with van der Waals surface area (Å²) >= 11 is 5.94. The van der Waals surface area contributed by atoms with Crippen LogP contribution in [0.4, 0.5) is 11.4 Å². The van der Waals surface area contributed by atoms with E-state index in [2.05, 4.69) is 0 Å². The molecule has 0 unspecified atom stereocenters. The Labute approximate surface area is 210 Å². The zero-order chi connectivity index (χ0) is 26.0. The largest absolute Gasteiger partial charge is 0.507 e. The molecule has 10 heteroatoms. The Morgan fingerprint density at radius 2 is 1.58 bits per heavy atom. The summed E-state index contributed by atoms with van der Waals surface area (Å²) in [6.45, 7) is 1.87. The summed E-state index contributed by atoms with van der Waals surface area (Å²) in [5.41, 5.74) is 0.804. The van der Waals surface area contributed by atoms with Gasteiger partial charge in [-0.2, -0.15) is 0 Å². The van der Waals surface area contributed by atoms with Crippen molar-refractivity contribution in [1.82, 2.24) is 0 Å². The van der Waals surface area contributed by atoms with Gasteiger partial charge in [-0.1, -0.05) is 11.6 Å². The number of hydrogen-bond donors (Lipinski definition) is 1. The zero-order valence-corrected chi connectivity index (χ0v) is 19.6. The SMILES string of the molecule is CCOC(=O)c1ccc(N2C(=O)C(=O)C(=C(O)c3ccc(Cl)cc3)[C@@H]2c2ccc([N+](=O)[O-])cc2)cc1. The second-order valence-electron chi connectivity index (χ2n) is 7.79. The minimum Gasteiger partial charge on any atom is -0.507 e. The molecule has 0 aromatic heterocycles. The highest BCUT2D eigenvalue weighted by Gasteiger charge is 2.47. The molecule has 1 aliphatic rings. The van der Waals surface area contributed by atoms with E-state index in [0.29, 0.717) is 10.6 Å². The molecule has 3 aromatic rings. The number of rotatable bonds is 6. The van der Waals surface area contributed by atoms with Crippen molar-refractivity contribution < 1.29 is 29.2 Å². The van der Waals surface area contributed by atoms with E-state index in [1.165, 1.54) is 77.7 Å². The summed E-state index contributed by atoms with van der Waals surface area (Å²) < 4.78 is 4.98. The maximum atomic E-state index is 13.2. The van der Waals surface area contributed by atoms with Crippen LogP contribution in [0.25, 0.3) is 5.76 Å². The lowest BCUT2D eigenvalue weighted by Crippen LogP contribution is -2.29. The number of halogens is 1. The molecule has 4 rings (SSSR count). The molecule has 1 N–H and O–H groups in total. The molecule has 182 valence electrons. The number of aliphatic hydroxyl groups is 1. The van der Waals surface area contributed by atoms with Gasteiger partial charge in [0.2, 0.25) is 0 Å². The average molecular weight is 507 g/mol. The Kier molecular flexibility index (Phi) is 6.84. The number of nitro benzene ring substituents is 1. The number of anilines is 1. The van der Waals surface area contributed by atoms with Crippen molar-refractivity contribution in [3.63, 3.8) is 0 Å². The first-order valence-corrected chi connectivity index (χ1v) is 11.2. The van der Waals surface area contributed by atoms with Crippen LogP contribution in [-0.4, -0.2) is 34.3 Å². The van der Waals surface area contributed by atoms with E-state index in [-0.39, 0.29) is 34.7 Å². The van der Waals surface area contributed by atoms with Gasteiger partial charge in [0, 0.05) is 28.4 Å². The third-order valence-electron chi connectivity index (χ3n) is 5.64. The van der Waals surface area contributed by atoms with E-state index in [1.54, 1.807) is 6.92 Å². The first-order valence-electron chi connectivity index (χ1n) is 10.8. The van der Waals surface area contributed by atoms with Crippen molar-refractivity contribution in [3.8, 4) is 0 Å². The number of carbonyl (C=O) groups is 3. The van der Waals surface area contributed by atoms with E-state index in [0.717, 1.165) is 0 Å². The molecule has 1 amide bonds. The number of hydrogen-bond acceptors (Lipinski definition) is 7. The summed E-state index contributed by atoms with van der Waals surface area (Å²) in [7, 11) is 0. The molecule has 36 heavy (non-hydrogen) atoms. The average Bonchev–Trinajstić information content (AvgIpc) is 3.14. The van der Waals surface area contributed by atoms with Gasteiger partial charge in [0.05, 0.1) is 28.7 Å². The van der Waals surface area contributed by atoms with Gasteiger partial charge < -0.3 is 9.84 Å². The maximum absolute atomic E-state index is 13.2. The molecule has 1 atom stereocenters. The highest BCUT2D eigenvalue weighted by atomic mass is 35.5. The Hall–Kier alpha value is -4.50. The third kappa shape index (κ3) is 4.56. The van der Waals surface area contributed by atoms with Crippen molar-refractivity contribution in [1.29, 1.82) is 0 Å². The van der Waals surface area contributed by atoms with Crippen LogP contribution in [0.5, 0.6) is 0 Å². The van der Waals surface area contributed by atoms with Crippen LogP contribution in [0.2, 0.25) is 5.02 Å². The molecule has 3 aromatic carbocycles. The molecule has 0 bridgehead atoms. The quantitative estimate of drug-likeness (QED) is 0.124. The standard InChI is InChI=1S/C26H19ClN2O7/c1-2-36-26(33)17-7-11-19(12-8-17)28-22(15-5-13-20(14-6-15)29(34)35)21(24(31)25(28)32)23(30)16-3-9-18(27)10-4-16/h3-14,22,30H,2H2,1H3/t22-/m0/s1. The van der Waals surface area contributed by atoms with Crippen molar-refractivity contribution in [2.75, 3.05) is 11.5 Å². The van der Waals surface area contributed by atoms with Crippen LogP contribution in [0.3, 0.4) is 0 Å². The van der Waals surface area contributed by atoms with Crippen LogP contribution in [0.15, 0.2) is 78.4 Å². The van der Waals surface area contributed by atoms with E-state index in [1.807, 2.05) is 0 Å². The van der Waals surface area contributed by atoms with Crippen molar-refractivity contribution in [3.05, 3.63) is 110 Å². The van der Waals surface area contributed by atoms with Crippen LogP contribution < -0.4 is 4.90 Å². The third-order valence-corrected chi connectivity index (χ3v) is 5.89. The molecule has 0 saturated carbocycles. The van der Waals surface area contributed by atoms with Gasteiger partial charge in [-0.15, -0.1) is 0 Å². The molecule has 0 radical (unpaired) electrons. The fourth-order valence-corrected chi connectivity index (χ4v) is 4.05. The zero-order valence-electron chi connectivity index (χ0n) is 18.9. The summed E-state index contributed by atoms with van der Waals surface area (Å²) in [6.07, 6.45) is 0. The number of ether oxygens (including phenoxy) is 1. The fraction of sp³-hybridized carbons (Fsp3) is 0.115. The predicted octanol–water partition coefficient (Wildman–Crippen LogP) is 5.05. The molecule has 1 aliphatic heterocycles. The summed E-state index contributed by atoms with van der Waals surface area (Å²) in [5.74, 6) is -2.79. The minimum atomic E-state index is -1.09. The fourth-order valence-electron chi connectivity index (χ4n) is 3.93. The summed E-state index contributed by atoms with van der Waals surface area (Å²) in [6, 6.07) is 16.2. The number of non-ortho nitro benzene ring substituents is 1. The van der Waals surface area contributed by atoms with Gasteiger partial charge in [0.1, 0.15) is 5.76 Å². The lowest BCUT2D eigenvalue weighted by atomic mass is 9.95. The molecular formula is C26H19ClN2O7. The first kappa shape index (κ1) is 24.6. The monoisotopic (exact) mass is 506 g/mol. The highest BCUT2D eigenvalue weighted by molar-refractivity contribution is 6.51. The van der Waals surface area contributed by atoms with Gasteiger partial charge >= 0.3 is 5.97 Å². The van der Waals surface area contributed by atoms with Crippen molar-refractivity contribution in [2.45, 2.75) is 13.0 Å². The Bertz CT molecular complexity index is 1380. The molecule has 9 nitrogen and oxygen atoms in total. The van der Waals surface area contributed by atoms with E-state index >= 15 is 0 Å². The van der Waals surface area contributed by atoms with Gasteiger partial charge in [-0.05, 0) is 73.2 Å². The second kappa shape index (κ2) is 10.0. The number of benzene rings is 3. The van der Waals surface area contributed by atoms with E-state index in [4.69, 9.17) is 16.3 Å². The van der Waals surface area contributed by atoms with Crippen molar-refractivity contribution in [2.24, 2.45) is 0 Å². The number of nitro groups is 1. The van der Waals surface area contributed by atoms with Gasteiger partial charge in [-0.3, -0.25) is 24.6 Å². The molecule has 0 aliphatic carbocycles. The number of aliphatic hydroxyl groups excluding tert-OH is 1. The molecule has 1 saturated heterocycles. The van der Waals surface area contributed by atoms with Gasteiger partial charge in [0.25, 0.3) is 17.4 Å². The summed E-state index contributed by atoms with van der Waals surface area (Å²) in [5, 5.41) is 22.6. The number of esters is 1. The number of nitrogens with zero attached hydrogens (tertiary/aromatic N) is 2. The second-order valence-corrected chi connectivity index (χ2v) is 8.23. The number of ketones is 1. The number of Topliss-reactive ketones (excluding diaryl/α,β-unsaturated/α-hetero) is 1. The lowest BCUT2D eigenvalue weighted by molar-refractivity contribution is -0.384. The lowest BCUT2D eigenvalue weighted by Gasteiger charge is -2.25. The minimum absolute atomic E-state index is 0.174. The van der Waals surface area contributed by atoms with Crippen LogP contribution in [-0.2, 0) is 14.3 Å². The van der Waals surface area contributed by atoms with Gasteiger partial charge in [0.15, 0.2) is 0 Å². The smallest absolute Gasteiger partial charge is 0.338 e. The van der Waals surface area contributed by atoms with Crippen molar-refractivity contribution >= 4 is 46.4 Å². The first-order chi connectivity index (χ1) is 17.2. The van der Waals surface area contributed by atoms with Gasteiger partial charge in [-0.25, -0.2) is 4.79 Å². The normalized spacial score (nSPS) is 16.7. The van der Waals surface area contributed by atoms with E-state index in [9.17, 15) is 29.6 Å². The Balaban J connectivity index is 1.86. The molecule has 0 spiro atoms. The molecule has 1 fully saturated rings. The van der Waals surface area contributed by atoms with Crippen LogP contribution in [0, 0.1) is 10.1 Å². The topological polar surface area (TPSA) is 127 Å². The Morgan fingerprint density at radius 1 is 1.00 bits per heavy atom. The predicted molar refractivity (Wildman–Crippen MR) is 132 cm³/mol. The highest BCUT2D eigenvalue weighted by Crippen LogP contribution is 2.42. The van der Waals surface area contributed by atoms with Crippen LogP contribution >= 0.6 is 11.6 Å². The number of carbonyl (C=O) groups excluding carboxylic acids is 3. The molecule has 1 heterocycles. The molecular weight excluding hydrogens is 488 g/mol. The number of amides is 1. The van der Waals surface area contributed by atoms with Crippen LogP contribution in [0.1, 0.15) is 34.5 Å². The maximum Gasteiger partial charge on any atom is 0.338 e.